The minimum Gasteiger partial charge on any atom is -0.364 e. The largest absolute Gasteiger partial charge is 0.364 e. The Morgan fingerprint density at radius 2 is 1.79 bits per heavy atom. The quantitative estimate of drug-likeness (QED) is 0.814. The minimum atomic E-state index is -0.0702. The first-order valence-corrected chi connectivity index (χ1v) is 8.59. The lowest BCUT2D eigenvalue weighted by Gasteiger charge is -2.49. The molecule has 2 rings (SSSR count). The van der Waals surface area contributed by atoms with E-state index in [0.29, 0.717) is 13.3 Å². The topological polar surface area (TPSA) is 53.6 Å². The number of methoxy groups -OCH3 is 1. The third kappa shape index (κ3) is 5.21. The smallest absolute Gasteiger partial charge is 0.319 e. The zero-order chi connectivity index (χ0) is 17.8. The van der Waals surface area contributed by atoms with Gasteiger partial charge in [0.1, 0.15) is 6.73 Å². The summed E-state index contributed by atoms with van der Waals surface area (Å²) in [7, 11) is 1.63. The van der Waals surface area contributed by atoms with Crippen LogP contribution in [0.15, 0.2) is 30.3 Å². The number of hydrogen-bond acceptors (Lipinski definition) is 3. The summed E-state index contributed by atoms with van der Waals surface area (Å²) in [5, 5.41) is 6.68. The first kappa shape index (κ1) is 18.7. The highest BCUT2D eigenvalue weighted by Gasteiger charge is 2.41. The van der Waals surface area contributed by atoms with E-state index in [0.717, 1.165) is 18.4 Å². The number of nitrogens with one attached hydrogen (secondary N) is 2. The Balaban J connectivity index is 2.05. The fraction of sp³-hybridized carbons (Fsp3) is 0.632. The average molecular weight is 333 g/mol. The maximum Gasteiger partial charge on any atom is 0.319 e. The van der Waals surface area contributed by atoms with Crippen molar-refractivity contribution >= 4 is 6.03 Å². The molecule has 0 aliphatic carbocycles. The standard InChI is InChI=1S/C19H31N3O2/c1-18(2)11-16(12-19(3,4)21-18)22(14-24-5)17(23)20-13-15-9-7-6-8-10-15/h6-10,16,21H,11-14H2,1-5H3,(H,20,23). The Labute approximate surface area is 145 Å². The van der Waals surface area contributed by atoms with E-state index in [4.69, 9.17) is 4.74 Å². The van der Waals surface area contributed by atoms with Gasteiger partial charge in [-0.15, -0.1) is 0 Å². The van der Waals surface area contributed by atoms with E-state index in [1.54, 1.807) is 7.11 Å². The highest BCUT2D eigenvalue weighted by Crippen LogP contribution is 2.31. The van der Waals surface area contributed by atoms with Crippen molar-refractivity contribution in [3.63, 3.8) is 0 Å². The number of carbonyl (C=O) groups excluding carboxylic acids is 1. The third-order valence-electron chi connectivity index (χ3n) is 4.43. The van der Waals surface area contributed by atoms with Crippen LogP contribution in [0.2, 0.25) is 0 Å². The van der Waals surface area contributed by atoms with E-state index in [2.05, 4.69) is 38.3 Å². The van der Waals surface area contributed by atoms with Gasteiger partial charge in [-0.05, 0) is 46.1 Å². The summed E-state index contributed by atoms with van der Waals surface area (Å²) in [6, 6.07) is 10.0. The van der Waals surface area contributed by atoms with Crippen LogP contribution in [0, 0.1) is 0 Å². The number of piperidine rings is 1. The van der Waals surface area contributed by atoms with Crippen molar-refractivity contribution in [1.82, 2.24) is 15.5 Å². The predicted molar refractivity (Wildman–Crippen MR) is 96.7 cm³/mol. The minimum absolute atomic E-state index is 0.0158. The van der Waals surface area contributed by atoms with Crippen molar-refractivity contribution in [2.24, 2.45) is 0 Å². The van der Waals surface area contributed by atoms with Crippen molar-refractivity contribution < 1.29 is 9.53 Å². The number of rotatable bonds is 5. The lowest BCUT2D eigenvalue weighted by atomic mass is 9.79. The molecule has 0 saturated carbocycles. The molecule has 1 heterocycles. The molecule has 2 N–H and O–H groups in total. The number of nitrogens with zero attached hydrogens (tertiary/aromatic N) is 1. The molecule has 24 heavy (non-hydrogen) atoms. The van der Waals surface area contributed by atoms with Crippen LogP contribution in [0.3, 0.4) is 0 Å². The van der Waals surface area contributed by atoms with E-state index in [1.807, 2.05) is 35.2 Å². The second kappa shape index (κ2) is 7.53. The molecule has 0 radical (unpaired) electrons. The average Bonchev–Trinajstić information content (AvgIpc) is 2.48. The predicted octanol–water partition coefficient (Wildman–Crippen LogP) is 3.11. The molecule has 5 nitrogen and oxygen atoms in total. The van der Waals surface area contributed by atoms with Crippen molar-refractivity contribution in [2.75, 3.05) is 13.8 Å². The zero-order valence-corrected chi connectivity index (χ0v) is 15.6. The normalized spacial score (nSPS) is 19.7. The van der Waals surface area contributed by atoms with Gasteiger partial charge in [-0.1, -0.05) is 30.3 Å². The second-order valence-corrected chi connectivity index (χ2v) is 7.99. The summed E-state index contributed by atoms with van der Waals surface area (Å²) in [6.45, 7) is 9.58. The summed E-state index contributed by atoms with van der Waals surface area (Å²) in [6.07, 6.45) is 1.80. The molecule has 1 aliphatic heterocycles. The molecule has 0 aromatic heterocycles. The second-order valence-electron chi connectivity index (χ2n) is 7.99. The van der Waals surface area contributed by atoms with Crippen LogP contribution in [0.5, 0.6) is 0 Å². The summed E-state index contributed by atoms with van der Waals surface area (Å²) < 4.78 is 5.31. The number of benzene rings is 1. The molecule has 1 fully saturated rings. The first-order valence-electron chi connectivity index (χ1n) is 8.59. The van der Waals surface area contributed by atoms with Crippen LogP contribution in [0.4, 0.5) is 4.79 Å². The van der Waals surface area contributed by atoms with Crippen molar-refractivity contribution in [3.8, 4) is 0 Å². The molecule has 2 amide bonds. The van der Waals surface area contributed by atoms with E-state index in [1.165, 1.54) is 0 Å². The van der Waals surface area contributed by atoms with Crippen LogP contribution >= 0.6 is 0 Å². The molecule has 0 unspecified atom stereocenters. The van der Waals surface area contributed by atoms with E-state index in [-0.39, 0.29) is 23.2 Å². The van der Waals surface area contributed by atoms with Gasteiger partial charge in [0.05, 0.1) is 0 Å². The molecule has 1 aliphatic rings. The number of urea groups is 1. The number of ether oxygens (including phenoxy) is 1. The van der Waals surface area contributed by atoms with E-state index >= 15 is 0 Å². The summed E-state index contributed by atoms with van der Waals surface area (Å²) in [5.41, 5.74) is 1.06. The third-order valence-corrected chi connectivity index (χ3v) is 4.43. The maximum atomic E-state index is 12.7. The molecule has 5 heteroatoms. The molecule has 0 bridgehead atoms. The molecule has 0 spiro atoms. The van der Waals surface area contributed by atoms with Gasteiger partial charge in [-0.2, -0.15) is 0 Å². The van der Waals surface area contributed by atoms with Gasteiger partial charge >= 0.3 is 6.03 Å². The molecule has 0 atom stereocenters. The highest BCUT2D eigenvalue weighted by molar-refractivity contribution is 5.74. The Morgan fingerprint density at radius 3 is 2.33 bits per heavy atom. The van der Waals surface area contributed by atoms with E-state index < -0.39 is 0 Å². The van der Waals surface area contributed by atoms with Crippen LogP contribution in [0.1, 0.15) is 46.1 Å². The number of carbonyl (C=O) groups is 1. The van der Waals surface area contributed by atoms with Crippen LogP contribution in [0.25, 0.3) is 0 Å². The molecule has 1 aromatic rings. The van der Waals surface area contributed by atoms with Crippen molar-refractivity contribution in [1.29, 1.82) is 0 Å². The molecular formula is C19H31N3O2. The Bertz CT molecular complexity index is 527. The van der Waals surface area contributed by atoms with Gasteiger partial charge in [0.15, 0.2) is 0 Å². The van der Waals surface area contributed by atoms with Gasteiger partial charge in [0.25, 0.3) is 0 Å². The summed E-state index contributed by atoms with van der Waals surface area (Å²) in [5.74, 6) is 0. The monoisotopic (exact) mass is 333 g/mol. The Morgan fingerprint density at radius 1 is 1.21 bits per heavy atom. The number of amides is 2. The fourth-order valence-electron chi connectivity index (χ4n) is 3.83. The van der Waals surface area contributed by atoms with Crippen molar-refractivity contribution in [3.05, 3.63) is 35.9 Å². The number of hydrogen-bond donors (Lipinski definition) is 2. The summed E-state index contributed by atoms with van der Waals surface area (Å²) in [4.78, 5) is 14.6. The summed E-state index contributed by atoms with van der Waals surface area (Å²) >= 11 is 0. The van der Waals surface area contributed by atoms with E-state index in [9.17, 15) is 4.79 Å². The van der Waals surface area contributed by atoms with Gasteiger partial charge in [-0.25, -0.2) is 4.79 Å². The van der Waals surface area contributed by atoms with Crippen LogP contribution < -0.4 is 10.6 Å². The van der Waals surface area contributed by atoms with Gasteiger partial charge in [-0.3, -0.25) is 4.90 Å². The molecule has 1 saturated heterocycles. The SMILES string of the molecule is COCN(C(=O)NCc1ccccc1)C1CC(C)(C)NC(C)(C)C1. The first-order chi connectivity index (χ1) is 11.2. The van der Waals surface area contributed by atoms with Gasteiger partial charge < -0.3 is 15.4 Å². The van der Waals surface area contributed by atoms with Crippen LogP contribution in [-0.4, -0.2) is 41.9 Å². The highest BCUT2D eigenvalue weighted by atomic mass is 16.5. The lowest BCUT2D eigenvalue weighted by Crippen LogP contribution is -2.63. The lowest BCUT2D eigenvalue weighted by molar-refractivity contribution is 0.0173. The zero-order valence-electron chi connectivity index (χ0n) is 15.6. The maximum absolute atomic E-state index is 12.7. The molecule has 134 valence electrons. The van der Waals surface area contributed by atoms with Crippen molar-refractivity contribution in [2.45, 2.75) is 64.2 Å². The van der Waals surface area contributed by atoms with Gasteiger partial charge in [0, 0.05) is 30.8 Å². The van der Waals surface area contributed by atoms with Crippen LogP contribution in [-0.2, 0) is 11.3 Å². The fourth-order valence-corrected chi connectivity index (χ4v) is 3.83. The van der Waals surface area contributed by atoms with Gasteiger partial charge in [0.2, 0.25) is 0 Å². The molecule has 1 aromatic carbocycles. The Kier molecular flexibility index (Phi) is 5.88. The Hall–Kier alpha value is -1.59. The molecular weight excluding hydrogens is 302 g/mol.